The highest BCUT2D eigenvalue weighted by atomic mass is 35.5. The highest BCUT2D eigenvalue weighted by Crippen LogP contribution is 2.18. The first-order valence-electron chi connectivity index (χ1n) is 9.49. The second kappa shape index (κ2) is 9.82. The summed E-state index contributed by atoms with van der Waals surface area (Å²) in [6, 6.07) is 14.0. The Bertz CT molecular complexity index is 1210. The van der Waals surface area contributed by atoms with Crippen molar-refractivity contribution in [3.8, 4) is 5.69 Å². The van der Waals surface area contributed by atoms with Gasteiger partial charge in [0.25, 0.3) is 5.56 Å². The van der Waals surface area contributed by atoms with Crippen LogP contribution < -0.4 is 15.2 Å². The van der Waals surface area contributed by atoms with E-state index < -0.39 is 15.6 Å². The Kier molecular flexibility index (Phi) is 7.38. The summed E-state index contributed by atoms with van der Waals surface area (Å²) in [6.07, 6.45) is 2.69. The molecule has 0 aliphatic rings. The van der Waals surface area contributed by atoms with E-state index in [2.05, 4.69) is 9.82 Å². The van der Waals surface area contributed by atoms with Gasteiger partial charge in [-0.05, 0) is 54.8 Å². The number of hydrogen-bond acceptors (Lipinski definition) is 5. The lowest BCUT2D eigenvalue weighted by Gasteiger charge is -2.12. The molecule has 3 rings (SSSR count). The van der Waals surface area contributed by atoms with Gasteiger partial charge in [0.1, 0.15) is 5.02 Å². The number of rotatable bonds is 8. The second-order valence-electron chi connectivity index (χ2n) is 7.08. The van der Waals surface area contributed by atoms with Crippen LogP contribution in [0.15, 0.2) is 64.4 Å². The van der Waals surface area contributed by atoms with Crippen LogP contribution in [0.2, 0.25) is 10.0 Å². The van der Waals surface area contributed by atoms with Crippen molar-refractivity contribution in [2.75, 3.05) is 25.5 Å². The molecule has 0 saturated carbocycles. The number of nitrogens with one attached hydrogen (secondary N) is 1. The third-order valence-electron chi connectivity index (χ3n) is 4.66. The number of aryl methyl sites for hydroxylation is 1. The van der Waals surface area contributed by atoms with Crippen LogP contribution in [-0.2, 0) is 16.4 Å². The molecule has 0 spiro atoms. The summed E-state index contributed by atoms with van der Waals surface area (Å²) in [5.74, 6) is 0. The number of hydrogen-bond donors (Lipinski definition) is 1. The second-order valence-corrected chi connectivity index (χ2v) is 9.63. The molecule has 0 bridgehead atoms. The van der Waals surface area contributed by atoms with Gasteiger partial charge >= 0.3 is 0 Å². The highest BCUT2D eigenvalue weighted by Gasteiger charge is 2.15. The minimum atomic E-state index is -3.67. The van der Waals surface area contributed by atoms with Gasteiger partial charge in [0.15, 0.2) is 0 Å². The maximum Gasteiger partial charge on any atom is 0.291 e. The molecule has 0 unspecified atom stereocenters. The molecule has 2 aromatic carbocycles. The first-order valence-corrected chi connectivity index (χ1v) is 11.7. The van der Waals surface area contributed by atoms with E-state index in [1.165, 1.54) is 30.5 Å². The quantitative estimate of drug-likeness (QED) is 0.498. The summed E-state index contributed by atoms with van der Waals surface area (Å²) in [4.78, 5) is 14.3. The van der Waals surface area contributed by atoms with E-state index in [4.69, 9.17) is 23.2 Å². The van der Waals surface area contributed by atoms with Crippen LogP contribution in [0.3, 0.4) is 0 Å². The van der Waals surface area contributed by atoms with Gasteiger partial charge < -0.3 is 4.90 Å². The Morgan fingerprint density at radius 1 is 1.03 bits per heavy atom. The molecule has 0 aliphatic heterocycles. The topological polar surface area (TPSA) is 84.3 Å². The summed E-state index contributed by atoms with van der Waals surface area (Å²) in [5.41, 5.74) is 2.06. The van der Waals surface area contributed by atoms with Gasteiger partial charge in [-0.2, -0.15) is 9.78 Å². The molecule has 3 aromatic rings. The first-order chi connectivity index (χ1) is 14.7. The average Bonchev–Trinajstić information content (AvgIpc) is 2.76. The monoisotopic (exact) mass is 480 g/mol. The van der Waals surface area contributed by atoms with Crippen molar-refractivity contribution >= 4 is 38.9 Å². The zero-order chi connectivity index (χ0) is 22.6. The molecule has 1 aromatic heterocycles. The SMILES string of the molecule is CN(C)c1ccc(CCCNS(=O)(=O)c2ccc(-n3ncc(Cl)c(Cl)c3=O)cc2)cc1. The smallest absolute Gasteiger partial charge is 0.291 e. The Labute approximate surface area is 191 Å². The van der Waals surface area contributed by atoms with Gasteiger partial charge in [-0.1, -0.05) is 35.3 Å². The standard InChI is InChI=1S/C21H22Cl2N4O3S/c1-26(2)16-7-5-15(6-8-16)4-3-13-25-31(29,30)18-11-9-17(10-12-18)27-21(28)20(23)19(22)14-24-27/h5-12,14,25H,3-4,13H2,1-2H3. The third-order valence-corrected chi connectivity index (χ3v) is 6.88. The van der Waals surface area contributed by atoms with Gasteiger partial charge in [0.2, 0.25) is 10.0 Å². The fourth-order valence-electron chi connectivity index (χ4n) is 2.91. The van der Waals surface area contributed by atoms with Gasteiger partial charge in [-0.3, -0.25) is 4.79 Å². The summed E-state index contributed by atoms with van der Waals surface area (Å²) < 4.78 is 28.7. The van der Waals surface area contributed by atoms with E-state index in [0.29, 0.717) is 18.7 Å². The van der Waals surface area contributed by atoms with Gasteiger partial charge in [-0.15, -0.1) is 0 Å². The molecule has 10 heteroatoms. The van der Waals surface area contributed by atoms with Crippen LogP contribution in [0, 0.1) is 0 Å². The molecule has 0 amide bonds. The van der Waals surface area contributed by atoms with Gasteiger partial charge in [0, 0.05) is 26.3 Å². The van der Waals surface area contributed by atoms with Crippen molar-refractivity contribution < 1.29 is 8.42 Å². The number of sulfonamides is 1. The summed E-state index contributed by atoms with van der Waals surface area (Å²) >= 11 is 11.6. The van der Waals surface area contributed by atoms with Crippen LogP contribution >= 0.6 is 23.2 Å². The van der Waals surface area contributed by atoms with Crippen molar-refractivity contribution in [1.29, 1.82) is 0 Å². The lowest BCUT2D eigenvalue weighted by Crippen LogP contribution is -2.25. The molecule has 0 atom stereocenters. The van der Waals surface area contributed by atoms with Crippen LogP contribution in [0.1, 0.15) is 12.0 Å². The molecule has 1 N–H and O–H groups in total. The van der Waals surface area contributed by atoms with Crippen LogP contribution in [0.25, 0.3) is 5.69 Å². The fraction of sp³-hybridized carbons (Fsp3) is 0.238. The maximum atomic E-state index is 12.5. The number of halogens is 2. The largest absolute Gasteiger partial charge is 0.378 e. The molecule has 7 nitrogen and oxygen atoms in total. The number of nitrogens with zero attached hydrogens (tertiary/aromatic N) is 3. The minimum absolute atomic E-state index is 0.0555. The van der Waals surface area contributed by atoms with E-state index in [1.54, 1.807) is 0 Å². The number of anilines is 1. The molecule has 0 fully saturated rings. The lowest BCUT2D eigenvalue weighted by molar-refractivity contribution is 0.579. The van der Waals surface area contributed by atoms with Crippen molar-refractivity contribution in [1.82, 2.24) is 14.5 Å². The van der Waals surface area contributed by atoms with E-state index >= 15 is 0 Å². The Balaban J connectivity index is 1.60. The van der Waals surface area contributed by atoms with Crippen LogP contribution in [0.5, 0.6) is 0 Å². The summed E-state index contributed by atoms with van der Waals surface area (Å²) in [5, 5.41) is 3.83. The Morgan fingerprint density at radius 2 is 1.68 bits per heavy atom. The van der Waals surface area contributed by atoms with Gasteiger partial charge in [-0.25, -0.2) is 13.1 Å². The number of benzene rings is 2. The fourth-order valence-corrected chi connectivity index (χ4v) is 4.23. The molecular formula is C21H22Cl2N4O3S. The zero-order valence-corrected chi connectivity index (χ0v) is 19.4. The Hall–Kier alpha value is -2.39. The van der Waals surface area contributed by atoms with Crippen LogP contribution in [0.4, 0.5) is 5.69 Å². The first kappa shape index (κ1) is 23.3. The minimum Gasteiger partial charge on any atom is -0.378 e. The molecule has 1 heterocycles. The highest BCUT2D eigenvalue weighted by molar-refractivity contribution is 7.89. The lowest BCUT2D eigenvalue weighted by atomic mass is 10.1. The maximum absolute atomic E-state index is 12.5. The van der Waals surface area contributed by atoms with E-state index in [0.717, 1.165) is 22.4 Å². The summed E-state index contributed by atoms with van der Waals surface area (Å²) in [6.45, 7) is 0.313. The normalized spacial score (nSPS) is 11.5. The molecule has 0 aliphatic carbocycles. The van der Waals surface area contributed by atoms with Crippen molar-refractivity contribution in [2.45, 2.75) is 17.7 Å². The molecule has 0 radical (unpaired) electrons. The predicted molar refractivity (Wildman–Crippen MR) is 124 cm³/mol. The average molecular weight is 481 g/mol. The van der Waals surface area contributed by atoms with E-state index in [9.17, 15) is 13.2 Å². The predicted octanol–water partition coefficient (Wildman–Crippen LogP) is 3.52. The van der Waals surface area contributed by atoms with Crippen molar-refractivity contribution in [3.05, 3.63) is 80.7 Å². The molecule has 0 saturated heterocycles. The van der Waals surface area contributed by atoms with Crippen molar-refractivity contribution in [2.24, 2.45) is 0 Å². The summed E-state index contributed by atoms with van der Waals surface area (Å²) in [7, 11) is 0.296. The van der Waals surface area contributed by atoms with E-state index in [-0.39, 0.29) is 14.9 Å². The zero-order valence-electron chi connectivity index (χ0n) is 17.0. The molecule has 31 heavy (non-hydrogen) atoms. The number of aromatic nitrogens is 2. The molecule has 164 valence electrons. The van der Waals surface area contributed by atoms with E-state index in [1.807, 2.05) is 43.3 Å². The third kappa shape index (κ3) is 5.65. The Morgan fingerprint density at radius 3 is 2.29 bits per heavy atom. The molecular weight excluding hydrogens is 459 g/mol. The van der Waals surface area contributed by atoms with Gasteiger partial charge in [0.05, 0.1) is 21.8 Å². The van der Waals surface area contributed by atoms with Crippen molar-refractivity contribution in [3.63, 3.8) is 0 Å². The van der Waals surface area contributed by atoms with Crippen LogP contribution in [-0.4, -0.2) is 38.8 Å².